The van der Waals surface area contributed by atoms with Gasteiger partial charge in [0.1, 0.15) is 0 Å². The molecular weight excluding hydrogens is 348 g/mol. The van der Waals surface area contributed by atoms with Crippen molar-refractivity contribution in [1.29, 1.82) is 0 Å². The molecule has 0 atom stereocenters. The Labute approximate surface area is 144 Å². The Balaban J connectivity index is 2.43. The van der Waals surface area contributed by atoms with Crippen molar-refractivity contribution < 1.29 is 28.8 Å². The number of likely N-dealkylation sites (N-methyl/N-ethyl adjacent to an activating group) is 1. The normalized spacial score (nSPS) is 11.3. The molecule has 0 spiro atoms. The minimum atomic E-state index is -4.24. The van der Waals surface area contributed by atoms with Crippen LogP contribution in [-0.2, 0) is 10.2 Å². The first-order valence-electron chi connectivity index (χ1n) is 7.30. The maximum atomic E-state index is 12.2. The molecule has 6 N–H and O–H groups in total. The van der Waals surface area contributed by atoms with E-state index in [0.29, 0.717) is 28.2 Å². The number of benzene rings is 1. The molecule has 0 aliphatic heterocycles. The minimum Gasteiger partial charge on any atom is -0.477 e. The number of carboxylic acid groups (broad SMARTS) is 1. The Morgan fingerprint density at radius 1 is 1.24 bits per heavy atom. The number of rotatable bonds is 6. The summed E-state index contributed by atoms with van der Waals surface area (Å²) in [7, 11) is -2.57. The van der Waals surface area contributed by atoms with Crippen molar-refractivity contribution in [2.24, 2.45) is 5.14 Å². The van der Waals surface area contributed by atoms with E-state index in [2.05, 4.69) is 5.73 Å². The van der Waals surface area contributed by atoms with E-state index in [1.54, 1.807) is 31.3 Å². The van der Waals surface area contributed by atoms with Crippen LogP contribution in [0.4, 0.5) is 0 Å². The molecule has 1 aromatic heterocycles. The van der Waals surface area contributed by atoms with Crippen LogP contribution in [0.3, 0.4) is 0 Å². The van der Waals surface area contributed by atoms with Gasteiger partial charge < -0.3 is 15.7 Å². The number of hydrogen-bond acceptors (Lipinski definition) is 4. The highest BCUT2D eigenvalue weighted by Crippen LogP contribution is 2.26. The van der Waals surface area contributed by atoms with Gasteiger partial charge >= 0.3 is 16.2 Å². The molecule has 0 aliphatic rings. The molecule has 2 aromatic rings. The number of amides is 1. The smallest absolute Gasteiger partial charge is 0.354 e. The fourth-order valence-corrected chi connectivity index (χ4v) is 3.08. The molecule has 0 saturated carbocycles. The summed E-state index contributed by atoms with van der Waals surface area (Å²) < 4.78 is 23.5. The van der Waals surface area contributed by atoms with E-state index in [0.717, 1.165) is 6.20 Å². The molecule has 0 fully saturated rings. The van der Waals surface area contributed by atoms with Crippen molar-refractivity contribution in [3.63, 3.8) is 0 Å². The average molecular weight is 367 g/mol. The van der Waals surface area contributed by atoms with Crippen LogP contribution in [0.5, 0.6) is 0 Å². The van der Waals surface area contributed by atoms with Crippen molar-refractivity contribution in [2.75, 3.05) is 20.1 Å². The fraction of sp³-hybridized carbons (Fsp3) is 0.200. The quantitative estimate of drug-likeness (QED) is 0.612. The topological polar surface area (TPSA) is 150 Å². The Morgan fingerprint density at radius 2 is 1.84 bits per heavy atom. The van der Waals surface area contributed by atoms with Crippen molar-refractivity contribution >= 4 is 22.1 Å². The number of carbonyl (C=O) groups is 2. The zero-order valence-corrected chi connectivity index (χ0v) is 14.4. The third-order valence-corrected chi connectivity index (χ3v) is 4.46. The number of aromatic carboxylic acids is 1. The highest BCUT2D eigenvalue weighted by Gasteiger charge is 2.23. The maximum Gasteiger partial charge on any atom is 0.354 e. The first-order valence-corrected chi connectivity index (χ1v) is 8.80. The molecule has 9 nitrogen and oxygen atoms in total. The molecule has 10 heteroatoms. The summed E-state index contributed by atoms with van der Waals surface area (Å²) in [5.74, 6) is -1.61. The van der Waals surface area contributed by atoms with Crippen molar-refractivity contribution in [2.45, 2.75) is 0 Å². The molecular formula is C15H19N4O5S+. The second kappa shape index (κ2) is 7.05. The lowest BCUT2D eigenvalue weighted by Gasteiger charge is -2.15. The first kappa shape index (κ1) is 18.6. The number of quaternary nitrogens is 1. The van der Waals surface area contributed by atoms with Crippen molar-refractivity contribution in [3.05, 3.63) is 47.8 Å². The number of carbonyl (C=O) groups excluding carboxylic acids is 1. The number of nitrogens with zero attached hydrogens (tertiary/aromatic N) is 2. The van der Waals surface area contributed by atoms with Crippen LogP contribution in [-0.4, -0.2) is 54.4 Å². The molecule has 134 valence electrons. The second-order valence-electron chi connectivity index (χ2n) is 5.38. The average Bonchev–Trinajstić information content (AvgIpc) is 3.00. The highest BCUT2D eigenvalue weighted by molar-refractivity contribution is 7.87. The molecule has 2 rings (SSSR count). The largest absolute Gasteiger partial charge is 0.477 e. The van der Waals surface area contributed by atoms with Gasteiger partial charge in [-0.2, -0.15) is 8.42 Å². The Hall–Kier alpha value is -2.69. The summed E-state index contributed by atoms with van der Waals surface area (Å²) in [6.45, 7) is 1.10. The predicted octanol–water partition coefficient (Wildman–Crippen LogP) is -0.781. The fourth-order valence-electron chi connectivity index (χ4n) is 2.42. The second-order valence-corrected chi connectivity index (χ2v) is 6.80. The van der Waals surface area contributed by atoms with Gasteiger partial charge in [-0.25, -0.2) is 13.9 Å². The van der Waals surface area contributed by atoms with Crippen LogP contribution < -0.4 is 10.9 Å². The molecule has 0 radical (unpaired) electrons. The Bertz CT molecular complexity index is 903. The van der Waals surface area contributed by atoms with Gasteiger partial charge in [0.2, 0.25) is 0 Å². The van der Waals surface area contributed by atoms with Gasteiger partial charge in [0.15, 0.2) is 5.69 Å². The van der Waals surface area contributed by atoms with E-state index in [4.69, 9.17) is 5.14 Å². The van der Waals surface area contributed by atoms with Crippen LogP contribution in [0.2, 0.25) is 0 Å². The van der Waals surface area contributed by atoms with E-state index in [9.17, 15) is 23.1 Å². The van der Waals surface area contributed by atoms with E-state index in [1.807, 2.05) is 0 Å². The zero-order chi connectivity index (χ0) is 18.8. The van der Waals surface area contributed by atoms with Crippen LogP contribution in [0.15, 0.2) is 36.5 Å². The Morgan fingerprint density at radius 3 is 2.32 bits per heavy atom. The van der Waals surface area contributed by atoms with Gasteiger partial charge in [-0.1, -0.05) is 12.1 Å². The van der Waals surface area contributed by atoms with Gasteiger partial charge in [0, 0.05) is 24.4 Å². The molecule has 1 heterocycles. The highest BCUT2D eigenvalue weighted by atomic mass is 32.2. The van der Waals surface area contributed by atoms with Gasteiger partial charge in [-0.3, -0.25) is 4.79 Å². The van der Waals surface area contributed by atoms with Crippen LogP contribution in [0.1, 0.15) is 20.8 Å². The van der Waals surface area contributed by atoms with Gasteiger partial charge in [0.05, 0.1) is 13.1 Å². The summed E-state index contributed by atoms with van der Waals surface area (Å²) >= 11 is 0. The number of hydrogen-bond donors (Lipinski definition) is 3. The molecule has 0 bridgehead atoms. The van der Waals surface area contributed by atoms with Crippen molar-refractivity contribution in [1.82, 2.24) is 8.87 Å². The summed E-state index contributed by atoms with van der Waals surface area (Å²) in [5.41, 5.74) is 4.30. The SMILES string of the molecule is CN(CC[NH3+])C(=O)c1ccc(-c2ccn(S(N)(=O)=O)c2C(=O)O)cc1. The summed E-state index contributed by atoms with van der Waals surface area (Å²) in [6, 6.07) is 7.56. The maximum absolute atomic E-state index is 12.2. The third kappa shape index (κ3) is 3.87. The molecule has 1 aromatic carbocycles. The predicted molar refractivity (Wildman–Crippen MR) is 90.0 cm³/mol. The van der Waals surface area contributed by atoms with E-state index in [-0.39, 0.29) is 11.5 Å². The van der Waals surface area contributed by atoms with Gasteiger partial charge in [0.25, 0.3) is 5.91 Å². The number of carboxylic acids is 1. The Kier molecular flexibility index (Phi) is 5.26. The molecule has 25 heavy (non-hydrogen) atoms. The summed E-state index contributed by atoms with van der Waals surface area (Å²) in [6.07, 6.45) is 1.08. The van der Waals surface area contributed by atoms with E-state index < -0.39 is 21.9 Å². The molecule has 0 aliphatic carbocycles. The molecule has 0 unspecified atom stereocenters. The summed E-state index contributed by atoms with van der Waals surface area (Å²) in [4.78, 5) is 25.2. The third-order valence-electron chi connectivity index (χ3n) is 3.61. The monoisotopic (exact) mass is 367 g/mol. The number of nitrogens with two attached hydrogens (primary N) is 1. The number of aromatic nitrogens is 1. The van der Waals surface area contributed by atoms with E-state index >= 15 is 0 Å². The molecule has 1 amide bonds. The van der Waals surface area contributed by atoms with Gasteiger partial charge in [-0.05, 0) is 23.8 Å². The lowest BCUT2D eigenvalue weighted by Crippen LogP contribution is -2.55. The lowest BCUT2D eigenvalue weighted by atomic mass is 10.0. The molecule has 0 saturated heterocycles. The summed E-state index contributed by atoms with van der Waals surface area (Å²) in [5, 5.41) is 14.4. The standard InChI is InChI=1S/C15H18N4O5S/c1-18(9-7-16)14(20)11-4-2-10(3-5-11)12-6-8-19(25(17,23)24)13(12)15(21)22/h2-6,8H,7,9,16H2,1H3,(H,21,22)(H2,17,23,24)/p+1. The zero-order valence-electron chi connectivity index (χ0n) is 13.5. The first-order chi connectivity index (χ1) is 11.7. The lowest BCUT2D eigenvalue weighted by molar-refractivity contribution is -0.367. The van der Waals surface area contributed by atoms with Gasteiger partial charge in [-0.15, -0.1) is 0 Å². The minimum absolute atomic E-state index is 0.184. The van der Waals surface area contributed by atoms with E-state index in [1.165, 1.54) is 11.0 Å². The van der Waals surface area contributed by atoms with Crippen molar-refractivity contribution in [3.8, 4) is 11.1 Å². The van der Waals surface area contributed by atoms with Crippen LogP contribution >= 0.6 is 0 Å². The van der Waals surface area contributed by atoms with Crippen LogP contribution in [0.25, 0.3) is 11.1 Å². The van der Waals surface area contributed by atoms with Crippen LogP contribution in [0, 0.1) is 0 Å².